The Kier molecular flexibility index (Phi) is 5.56. The molecule has 22 heavy (non-hydrogen) atoms. The van der Waals surface area contributed by atoms with E-state index in [1.807, 2.05) is 31.2 Å². The van der Waals surface area contributed by atoms with Gasteiger partial charge in [-0.2, -0.15) is 0 Å². The SMILES string of the molecule is CCN1CCc2nc(NC(=O)c3ccc(C)cc3)sc2C1.Cl. The van der Waals surface area contributed by atoms with Crippen LogP contribution in [0.25, 0.3) is 0 Å². The highest BCUT2D eigenvalue weighted by molar-refractivity contribution is 7.15. The number of anilines is 1. The van der Waals surface area contributed by atoms with Crippen LogP contribution in [-0.2, 0) is 13.0 Å². The summed E-state index contributed by atoms with van der Waals surface area (Å²) in [5, 5.41) is 3.63. The molecule has 118 valence electrons. The van der Waals surface area contributed by atoms with Crippen LogP contribution in [0.5, 0.6) is 0 Å². The molecule has 1 aromatic heterocycles. The molecule has 0 spiro atoms. The van der Waals surface area contributed by atoms with E-state index < -0.39 is 0 Å². The van der Waals surface area contributed by atoms with Crippen molar-refractivity contribution in [1.29, 1.82) is 0 Å². The summed E-state index contributed by atoms with van der Waals surface area (Å²) >= 11 is 1.60. The van der Waals surface area contributed by atoms with Gasteiger partial charge < -0.3 is 0 Å². The lowest BCUT2D eigenvalue weighted by Gasteiger charge is -2.23. The first-order valence-electron chi connectivity index (χ1n) is 7.24. The van der Waals surface area contributed by atoms with Gasteiger partial charge in [0.2, 0.25) is 0 Å². The molecule has 0 saturated carbocycles. The Morgan fingerprint density at radius 3 is 2.77 bits per heavy atom. The van der Waals surface area contributed by atoms with E-state index in [0.29, 0.717) is 10.7 Å². The van der Waals surface area contributed by atoms with E-state index >= 15 is 0 Å². The van der Waals surface area contributed by atoms with Gasteiger partial charge in [-0.05, 0) is 25.6 Å². The third-order valence-electron chi connectivity index (χ3n) is 3.79. The molecule has 0 radical (unpaired) electrons. The molecule has 1 aliphatic rings. The molecule has 1 aromatic carbocycles. The molecule has 3 rings (SSSR count). The second kappa shape index (κ2) is 7.22. The Morgan fingerprint density at radius 1 is 1.36 bits per heavy atom. The predicted octanol–water partition coefficient (Wildman–Crippen LogP) is 3.50. The zero-order chi connectivity index (χ0) is 14.8. The first kappa shape index (κ1) is 16.9. The molecular weight excluding hydrogens is 318 g/mol. The molecule has 1 N–H and O–H groups in total. The topological polar surface area (TPSA) is 45.2 Å². The van der Waals surface area contributed by atoms with Gasteiger partial charge in [-0.3, -0.25) is 15.0 Å². The number of nitrogens with one attached hydrogen (secondary N) is 1. The van der Waals surface area contributed by atoms with E-state index in [0.717, 1.165) is 37.3 Å². The van der Waals surface area contributed by atoms with Crippen molar-refractivity contribution in [3.8, 4) is 0 Å². The van der Waals surface area contributed by atoms with Crippen LogP contribution < -0.4 is 5.32 Å². The Labute approximate surface area is 141 Å². The van der Waals surface area contributed by atoms with Gasteiger partial charge in [0.15, 0.2) is 5.13 Å². The number of thiazole rings is 1. The average Bonchev–Trinajstić information content (AvgIpc) is 2.88. The lowest BCUT2D eigenvalue weighted by molar-refractivity contribution is 0.102. The van der Waals surface area contributed by atoms with E-state index in [1.165, 1.54) is 4.88 Å². The summed E-state index contributed by atoms with van der Waals surface area (Å²) in [6.45, 7) is 7.24. The molecule has 0 saturated heterocycles. The number of carbonyl (C=O) groups is 1. The molecule has 0 aliphatic carbocycles. The largest absolute Gasteiger partial charge is 0.298 e. The minimum atomic E-state index is -0.0894. The van der Waals surface area contributed by atoms with Crippen molar-refractivity contribution in [2.45, 2.75) is 26.8 Å². The fourth-order valence-electron chi connectivity index (χ4n) is 2.45. The summed E-state index contributed by atoms with van der Waals surface area (Å²) in [4.78, 5) is 20.4. The van der Waals surface area contributed by atoms with Crippen LogP contribution in [-0.4, -0.2) is 28.9 Å². The lowest BCUT2D eigenvalue weighted by atomic mass is 10.1. The van der Waals surface area contributed by atoms with Crippen LogP contribution in [0.3, 0.4) is 0 Å². The van der Waals surface area contributed by atoms with E-state index in [9.17, 15) is 4.79 Å². The van der Waals surface area contributed by atoms with Crippen molar-refractivity contribution < 1.29 is 4.79 Å². The maximum absolute atomic E-state index is 12.2. The standard InChI is InChI=1S/C16H19N3OS.ClH/c1-3-19-9-8-13-14(10-19)21-16(17-13)18-15(20)12-6-4-11(2)5-7-12;/h4-7H,3,8-10H2,1-2H3,(H,17,18,20);1H. The van der Waals surface area contributed by atoms with E-state index in [1.54, 1.807) is 11.3 Å². The number of likely N-dealkylation sites (N-methyl/N-ethyl adjacent to an activating group) is 1. The molecule has 6 heteroatoms. The summed E-state index contributed by atoms with van der Waals surface area (Å²) in [7, 11) is 0. The molecule has 4 nitrogen and oxygen atoms in total. The summed E-state index contributed by atoms with van der Waals surface area (Å²) in [6.07, 6.45) is 0.972. The van der Waals surface area contributed by atoms with Crippen LogP contribution in [0.4, 0.5) is 5.13 Å². The molecule has 2 aromatic rings. The Hall–Kier alpha value is -1.43. The van der Waals surface area contributed by atoms with Crippen LogP contribution in [0.2, 0.25) is 0 Å². The quantitative estimate of drug-likeness (QED) is 0.932. The highest BCUT2D eigenvalue weighted by atomic mass is 35.5. The monoisotopic (exact) mass is 337 g/mol. The number of hydrogen-bond acceptors (Lipinski definition) is 4. The third-order valence-corrected chi connectivity index (χ3v) is 4.79. The Bertz CT molecular complexity index is 654. The molecular formula is C16H20ClN3OS. The van der Waals surface area contributed by atoms with Gasteiger partial charge in [-0.25, -0.2) is 4.98 Å². The molecule has 0 atom stereocenters. The Balaban J connectivity index is 0.00000176. The molecule has 0 unspecified atom stereocenters. The van der Waals surface area contributed by atoms with Crippen molar-refractivity contribution in [1.82, 2.24) is 9.88 Å². The minimum Gasteiger partial charge on any atom is -0.298 e. The van der Waals surface area contributed by atoms with E-state index in [4.69, 9.17) is 0 Å². The van der Waals surface area contributed by atoms with Gasteiger partial charge in [0.05, 0.1) is 5.69 Å². The molecule has 2 heterocycles. The smallest absolute Gasteiger partial charge is 0.257 e. The van der Waals surface area contributed by atoms with Crippen molar-refractivity contribution in [3.63, 3.8) is 0 Å². The summed E-state index contributed by atoms with van der Waals surface area (Å²) in [5.74, 6) is -0.0894. The maximum atomic E-state index is 12.2. The highest BCUT2D eigenvalue weighted by Crippen LogP contribution is 2.28. The number of hydrogen-bond donors (Lipinski definition) is 1. The lowest BCUT2D eigenvalue weighted by Crippen LogP contribution is -2.29. The number of amides is 1. The molecule has 0 fully saturated rings. The van der Waals surface area contributed by atoms with Gasteiger partial charge in [0, 0.05) is 30.0 Å². The summed E-state index contributed by atoms with van der Waals surface area (Å²) in [5.41, 5.74) is 2.96. The van der Waals surface area contributed by atoms with Crippen LogP contribution in [0.1, 0.15) is 33.4 Å². The minimum absolute atomic E-state index is 0. The zero-order valence-corrected chi connectivity index (χ0v) is 14.4. The number of carbonyl (C=O) groups excluding carboxylic acids is 1. The zero-order valence-electron chi connectivity index (χ0n) is 12.8. The second-order valence-corrected chi connectivity index (χ2v) is 6.41. The first-order valence-corrected chi connectivity index (χ1v) is 8.06. The third kappa shape index (κ3) is 3.66. The second-order valence-electron chi connectivity index (χ2n) is 5.33. The number of halogens is 1. The van der Waals surface area contributed by atoms with Gasteiger partial charge in [-0.15, -0.1) is 23.7 Å². The average molecular weight is 338 g/mol. The van der Waals surface area contributed by atoms with Crippen LogP contribution in [0, 0.1) is 6.92 Å². The fraction of sp³-hybridized carbons (Fsp3) is 0.375. The van der Waals surface area contributed by atoms with Crippen molar-refractivity contribution >= 4 is 34.8 Å². The summed E-state index contributed by atoms with van der Waals surface area (Å²) < 4.78 is 0. The molecule has 1 aliphatic heterocycles. The fourth-order valence-corrected chi connectivity index (χ4v) is 3.49. The number of fused-ring (bicyclic) bond motifs is 1. The summed E-state index contributed by atoms with van der Waals surface area (Å²) in [6, 6.07) is 7.58. The first-order chi connectivity index (χ1) is 10.2. The van der Waals surface area contributed by atoms with Crippen molar-refractivity contribution in [3.05, 3.63) is 46.0 Å². The molecule has 1 amide bonds. The number of aryl methyl sites for hydroxylation is 1. The van der Waals surface area contributed by atoms with Crippen molar-refractivity contribution in [2.24, 2.45) is 0 Å². The highest BCUT2D eigenvalue weighted by Gasteiger charge is 2.20. The van der Waals surface area contributed by atoms with Crippen LogP contribution in [0.15, 0.2) is 24.3 Å². The Morgan fingerprint density at radius 2 is 2.09 bits per heavy atom. The van der Waals surface area contributed by atoms with Crippen molar-refractivity contribution in [2.75, 3.05) is 18.4 Å². The van der Waals surface area contributed by atoms with Crippen LogP contribution >= 0.6 is 23.7 Å². The van der Waals surface area contributed by atoms with Gasteiger partial charge in [0.1, 0.15) is 0 Å². The molecule has 0 bridgehead atoms. The van der Waals surface area contributed by atoms with E-state index in [-0.39, 0.29) is 18.3 Å². The maximum Gasteiger partial charge on any atom is 0.257 e. The number of aromatic nitrogens is 1. The number of rotatable bonds is 3. The normalized spacial score (nSPS) is 14.1. The van der Waals surface area contributed by atoms with Gasteiger partial charge in [0.25, 0.3) is 5.91 Å². The van der Waals surface area contributed by atoms with E-state index in [2.05, 4.69) is 22.1 Å². The van der Waals surface area contributed by atoms with Gasteiger partial charge in [-0.1, -0.05) is 24.6 Å². The predicted molar refractivity (Wildman–Crippen MR) is 93.1 cm³/mol. The number of nitrogens with zero attached hydrogens (tertiary/aromatic N) is 2. The number of benzene rings is 1. The van der Waals surface area contributed by atoms with Gasteiger partial charge >= 0.3 is 0 Å².